The topological polar surface area (TPSA) is 29.5 Å². The van der Waals surface area contributed by atoms with E-state index in [2.05, 4.69) is 0 Å². The number of carbonyl (C=O) groups is 1. The predicted molar refractivity (Wildman–Crippen MR) is 64.5 cm³/mol. The molecule has 1 heterocycles. The fraction of sp³-hybridized carbons (Fsp3) is 0.462. The first kappa shape index (κ1) is 12.6. The lowest BCUT2D eigenvalue weighted by Gasteiger charge is -2.36. The van der Waals surface area contributed by atoms with E-state index in [4.69, 9.17) is 4.74 Å². The molecule has 1 fully saturated rings. The van der Waals surface area contributed by atoms with E-state index in [1.165, 1.54) is 0 Å². The van der Waals surface area contributed by atoms with Crippen LogP contribution in [0.5, 0.6) is 5.75 Å². The molecule has 0 aromatic heterocycles. The van der Waals surface area contributed by atoms with Crippen molar-refractivity contribution in [3.8, 4) is 5.75 Å². The number of likely N-dealkylation sites (tertiary alicyclic amines) is 1. The Labute approximate surface area is 97.0 Å². The van der Waals surface area contributed by atoms with Gasteiger partial charge >= 0.3 is 0 Å². The lowest BCUT2D eigenvalue weighted by Crippen LogP contribution is -2.52. The number of benzene rings is 1. The van der Waals surface area contributed by atoms with E-state index in [1.54, 1.807) is 4.90 Å². The molecular formula is C13H19NO2. The summed E-state index contributed by atoms with van der Waals surface area (Å²) in [6, 6.07) is 9.91. The Morgan fingerprint density at radius 2 is 1.94 bits per heavy atom. The highest BCUT2D eigenvalue weighted by atomic mass is 16.5. The number of hydrogen-bond donors (Lipinski definition) is 0. The highest BCUT2D eigenvalue weighted by Crippen LogP contribution is 2.18. The van der Waals surface area contributed by atoms with Crippen LogP contribution in [0.2, 0.25) is 0 Å². The Morgan fingerprint density at radius 1 is 1.31 bits per heavy atom. The maximum absolute atomic E-state index is 10.9. The zero-order chi connectivity index (χ0) is 12.0. The summed E-state index contributed by atoms with van der Waals surface area (Å²) in [6.45, 7) is 4.59. The van der Waals surface area contributed by atoms with E-state index in [0.717, 1.165) is 5.75 Å². The van der Waals surface area contributed by atoms with Crippen molar-refractivity contribution < 1.29 is 9.53 Å². The van der Waals surface area contributed by atoms with Crippen LogP contribution in [0.15, 0.2) is 30.3 Å². The summed E-state index contributed by atoms with van der Waals surface area (Å²) in [5, 5.41) is 0. The van der Waals surface area contributed by atoms with Gasteiger partial charge in [0, 0.05) is 7.05 Å². The summed E-state index contributed by atoms with van der Waals surface area (Å²) in [5.74, 6) is 1.06. The molecule has 0 spiro atoms. The normalized spacial score (nSPS) is 18.3. The van der Waals surface area contributed by atoms with Crippen LogP contribution < -0.4 is 4.74 Å². The molecule has 1 aromatic carbocycles. The van der Waals surface area contributed by atoms with Crippen molar-refractivity contribution in [2.75, 3.05) is 13.7 Å². The SMILES string of the molecule is CC.CN1C(=O)C[C@@H]1COc1ccccc1. The summed E-state index contributed by atoms with van der Waals surface area (Å²) < 4.78 is 5.53. The van der Waals surface area contributed by atoms with Crippen molar-refractivity contribution in [3.05, 3.63) is 30.3 Å². The minimum absolute atomic E-state index is 0.201. The standard InChI is InChI=1S/C11H13NO2.C2H6/c1-12-9(7-11(12)13)8-14-10-5-3-2-4-6-10;1-2/h2-6,9H,7-8H2,1H3;1-2H3/t9-;/m1./s1. The first-order chi connectivity index (χ1) is 7.77. The number of amides is 1. The van der Waals surface area contributed by atoms with Gasteiger partial charge in [-0.15, -0.1) is 0 Å². The zero-order valence-corrected chi connectivity index (χ0v) is 10.1. The van der Waals surface area contributed by atoms with Gasteiger partial charge in [0.05, 0.1) is 12.5 Å². The molecule has 1 aliphatic rings. The molecule has 0 saturated carbocycles. The van der Waals surface area contributed by atoms with Crippen molar-refractivity contribution in [2.45, 2.75) is 26.3 Å². The van der Waals surface area contributed by atoms with Crippen LogP contribution >= 0.6 is 0 Å². The highest BCUT2D eigenvalue weighted by molar-refractivity contribution is 5.82. The fourth-order valence-electron chi connectivity index (χ4n) is 1.45. The monoisotopic (exact) mass is 221 g/mol. The van der Waals surface area contributed by atoms with Gasteiger partial charge in [0.1, 0.15) is 12.4 Å². The van der Waals surface area contributed by atoms with Gasteiger partial charge in [0.15, 0.2) is 0 Å². The third-order valence-electron chi connectivity index (χ3n) is 2.54. The first-order valence-corrected chi connectivity index (χ1v) is 5.71. The molecule has 0 N–H and O–H groups in total. The van der Waals surface area contributed by atoms with Gasteiger partial charge in [-0.3, -0.25) is 4.79 Å². The maximum atomic E-state index is 10.9. The molecular weight excluding hydrogens is 202 g/mol. The number of nitrogens with zero attached hydrogens (tertiary/aromatic N) is 1. The molecule has 1 aliphatic heterocycles. The lowest BCUT2D eigenvalue weighted by molar-refractivity contribution is -0.144. The quantitative estimate of drug-likeness (QED) is 0.733. The van der Waals surface area contributed by atoms with E-state index in [1.807, 2.05) is 51.2 Å². The van der Waals surface area contributed by atoms with E-state index < -0.39 is 0 Å². The summed E-state index contributed by atoms with van der Waals surface area (Å²) in [7, 11) is 1.81. The Balaban J connectivity index is 0.000000606. The molecule has 1 saturated heterocycles. The molecule has 0 bridgehead atoms. The molecule has 3 nitrogen and oxygen atoms in total. The minimum atomic E-state index is 0.201. The second-order valence-electron chi connectivity index (χ2n) is 3.49. The highest BCUT2D eigenvalue weighted by Gasteiger charge is 2.32. The molecule has 88 valence electrons. The maximum Gasteiger partial charge on any atom is 0.224 e. The van der Waals surface area contributed by atoms with E-state index >= 15 is 0 Å². The van der Waals surface area contributed by atoms with Crippen molar-refractivity contribution in [2.24, 2.45) is 0 Å². The Bertz CT molecular complexity index is 324. The van der Waals surface area contributed by atoms with Crippen LogP contribution in [0, 0.1) is 0 Å². The largest absolute Gasteiger partial charge is 0.491 e. The third-order valence-corrected chi connectivity index (χ3v) is 2.54. The second kappa shape index (κ2) is 6.16. The summed E-state index contributed by atoms with van der Waals surface area (Å²) in [5.41, 5.74) is 0. The van der Waals surface area contributed by atoms with Gasteiger partial charge < -0.3 is 9.64 Å². The molecule has 0 radical (unpaired) electrons. The summed E-state index contributed by atoms with van der Waals surface area (Å²) in [6.07, 6.45) is 0.614. The second-order valence-corrected chi connectivity index (χ2v) is 3.49. The van der Waals surface area contributed by atoms with E-state index in [0.29, 0.717) is 13.0 Å². The van der Waals surface area contributed by atoms with Crippen LogP contribution in [-0.2, 0) is 4.79 Å². The minimum Gasteiger partial charge on any atom is -0.491 e. The van der Waals surface area contributed by atoms with E-state index in [-0.39, 0.29) is 11.9 Å². The number of likely N-dealkylation sites (N-methyl/N-ethyl adjacent to an activating group) is 1. The Hall–Kier alpha value is -1.51. The Morgan fingerprint density at radius 3 is 2.44 bits per heavy atom. The van der Waals surface area contributed by atoms with Crippen molar-refractivity contribution >= 4 is 5.91 Å². The molecule has 0 unspecified atom stereocenters. The summed E-state index contributed by atoms with van der Waals surface area (Å²) >= 11 is 0. The molecule has 0 aliphatic carbocycles. The average molecular weight is 221 g/mol. The van der Waals surface area contributed by atoms with Crippen molar-refractivity contribution in [1.82, 2.24) is 4.90 Å². The van der Waals surface area contributed by atoms with Crippen LogP contribution in [0.25, 0.3) is 0 Å². The number of ether oxygens (including phenoxy) is 1. The van der Waals surface area contributed by atoms with Gasteiger partial charge in [-0.2, -0.15) is 0 Å². The van der Waals surface area contributed by atoms with E-state index in [9.17, 15) is 4.79 Å². The van der Waals surface area contributed by atoms with Crippen molar-refractivity contribution in [1.29, 1.82) is 0 Å². The lowest BCUT2D eigenvalue weighted by atomic mass is 10.1. The van der Waals surface area contributed by atoms with Gasteiger partial charge in [0.2, 0.25) is 5.91 Å². The number of rotatable bonds is 3. The Kier molecular flexibility index (Phi) is 4.83. The van der Waals surface area contributed by atoms with Crippen LogP contribution in [0.4, 0.5) is 0 Å². The average Bonchev–Trinajstić information content (AvgIpc) is 2.37. The number of β-lactam (4-membered cyclic amide) rings is 1. The molecule has 1 atom stereocenters. The number of hydrogen-bond acceptors (Lipinski definition) is 2. The first-order valence-electron chi connectivity index (χ1n) is 5.71. The third kappa shape index (κ3) is 2.99. The number of para-hydroxylation sites is 1. The molecule has 1 amide bonds. The predicted octanol–water partition coefficient (Wildman–Crippen LogP) is 2.32. The van der Waals surface area contributed by atoms with Gasteiger partial charge in [-0.25, -0.2) is 0 Å². The zero-order valence-electron chi connectivity index (χ0n) is 10.1. The van der Waals surface area contributed by atoms with Crippen LogP contribution in [0.1, 0.15) is 20.3 Å². The van der Waals surface area contributed by atoms with Gasteiger partial charge in [-0.1, -0.05) is 32.0 Å². The molecule has 1 aromatic rings. The number of carbonyl (C=O) groups excluding carboxylic acids is 1. The van der Waals surface area contributed by atoms with Gasteiger partial charge in [0.25, 0.3) is 0 Å². The molecule has 3 heteroatoms. The molecule has 16 heavy (non-hydrogen) atoms. The summed E-state index contributed by atoms with van der Waals surface area (Å²) in [4.78, 5) is 12.6. The molecule has 2 rings (SSSR count). The van der Waals surface area contributed by atoms with Crippen molar-refractivity contribution in [3.63, 3.8) is 0 Å². The fourth-order valence-corrected chi connectivity index (χ4v) is 1.45. The van der Waals surface area contributed by atoms with Gasteiger partial charge in [-0.05, 0) is 12.1 Å². The van der Waals surface area contributed by atoms with Crippen LogP contribution in [0.3, 0.4) is 0 Å². The van der Waals surface area contributed by atoms with Crippen LogP contribution in [-0.4, -0.2) is 30.5 Å². The smallest absolute Gasteiger partial charge is 0.224 e.